The lowest BCUT2D eigenvalue weighted by Gasteiger charge is -1.97. The molecule has 0 spiro atoms. The lowest BCUT2D eigenvalue weighted by molar-refractivity contribution is 0.624. The van der Waals surface area contributed by atoms with Gasteiger partial charge in [-0.15, -0.1) is 11.3 Å². The lowest BCUT2D eigenvalue weighted by Crippen LogP contribution is -1.81. The van der Waals surface area contributed by atoms with Gasteiger partial charge >= 0.3 is 0 Å². The SMILES string of the molecule is Cc1ccc(-c2csc(/C=C/c3ccc(Br)cc3F)n2)cc1. The van der Waals surface area contributed by atoms with Crippen molar-refractivity contribution in [2.24, 2.45) is 0 Å². The van der Waals surface area contributed by atoms with Crippen molar-refractivity contribution < 1.29 is 4.39 Å². The van der Waals surface area contributed by atoms with Crippen molar-refractivity contribution in [1.82, 2.24) is 4.98 Å². The monoisotopic (exact) mass is 373 g/mol. The van der Waals surface area contributed by atoms with Gasteiger partial charge in [0.1, 0.15) is 10.8 Å². The molecule has 0 radical (unpaired) electrons. The van der Waals surface area contributed by atoms with E-state index in [0.717, 1.165) is 20.7 Å². The summed E-state index contributed by atoms with van der Waals surface area (Å²) in [5, 5.41) is 2.88. The number of aromatic nitrogens is 1. The molecule has 3 aromatic rings. The molecular weight excluding hydrogens is 361 g/mol. The Morgan fingerprint density at radius 2 is 1.86 bits per heavy atom. The Kier molecular flexibility index (Phi) is 4.50. The third-order valence-corrected chi connectivity index (χ3v) is 4.54. The molecule has 0 N–H and O–H groups in total. The van der Waals surface area contributed by atoms with Crippen LogP contribution in [0.5, 0.6) is 0 Å². The van der Waals surface area contributed by atoms with Crippen LogP contribution in [-0.2, 0) is 0 Å². The van der Waals surface area contributed by atoms with E-state index in [2.05, 4.69) is 52.1 Å². The molecule has 0 unspecified atom stereocenters. The largest absolute Gasteiger partial charge is 0.237 e. The lowest BCUT2D eigenvalue weighted by atomic mass is 10.1. The zero-order valence-electron chi connectivity index (χ0n) is 11.9. The van der Waals surface area contributed by atoms with Crippen LogP contribution in [0.25, 0.3) is 23.4 Å². The normalized spacial score (nSPS) is 11.2. The molecular formula is C18H13BrFNS. The summed E-state index contributed by atoms with van der Waals surface area (Å²) in [6.45, 7) is 2.06. The van der Waals surface area contributed by atoms with Gasteiger partial charge in [0, 0.05) is 21.0 Å². The molecule has 0 saturated carbocycles. The summed E-state index contributed by atoms with van der Waals surface area (Å²) in [4.78, 5) is 4.57. The smallest absolute Gasteiger partial charge is 0.131 e. The van der Waals surface area contributed by atoms with E-state index < -0.39 is 0 Å². The summed E-state index contributed by atoms with van der Waals surface area (Å²) in [6, 6.07) is 13.3. The second kappa shape index (κ2) is 6.55. The number of aryl methyl sites for hydroxylation is 1. The van der Waals surface area contributed by atoms with Crippen LogP contribution < -0.4 is 0 Å². The van der Waals surface area contributed by atoms with Gasteiger partial charge in [0.2, 0.25) is 0 Å². The van der Waals surface area contributed by atoms with E-state index in [4.69, 9.17) is 0 Å². The molecule has 0 aliphatic carbocycles. The highest BCUT2D eigenvalue weighted by atomic mass is 79.9. The fourth-order valence-corrected chi connectivity index (χ4v) is 3.07. The summed E-state index contributed by atoms with van der Waals surface area (Å²) in [7, 11) is 0. The van der Waals surface area contributed by atoms with Gasteiger partial charge < -0.3 is 0 Å². The third-order valence-electron chi connectivity index (χ3n) is 3.24. The Balaban J connectivity index is 1.82. The Morgan fingerprint density at radius 1 is 1.09 bits per heavy atom. The number of thiazole rings is 1. The molecule has 0 aliphatic heterocycles. The molecule has 0 bridgehead atoms. The maximum absolute atomic E-state index is 13.8. The van der Waals surface area contributed by atoms with Gasteiger partial charge in [0.15, 0.2) is 0 Å². The fraction of sp³-hybridized carbons (Fsp3) is 0.0556. The van der Waals surface area contributed by atoms with Gasteiger partial charge in [0.05, 0.1) is 5.69 Å². The van der Waals surface area contributed by atoms with Gasteiger partial charge in [-0.25, -0.2) is 9.37 Å². The molecule has 1 aromatic heterocycles. The van der Waals surface area contributed by atoms with E-state index >= 15 is 0 Å². The van der Waals surface area contributed by atoms with Crippen LogP contribution >= 0.6 is 27.3 Å². The molecule has 1 heterocycles. The van der Waals surface area contributed by atoms with Crippen LogP contribution in [0.4, 0.5) is 4.39 Å². The average molecular weight is 374 g/mol. The topological polar surface area (TPSA) is 12.9 Å². The second-order valence-corrected chi connectivity index (χ2v) is 6.74. The first-order chi connectivity index (χ1) is 10.6. The summed E-state index contributed by atoms with van der Waals surface area (Å²) < 4.78 is 14.5. The zero-order chi connectivity index (χ0) is 15.5. The first-order valence-electron chi connectivity index (χ1n) is 6.77. The second-order valence-electron chi connectivity index (χ2n) is 4.94. The van der Waals surface area contributed by atoms with Crippen molar-refractivity contribution in [1.29, 1.82) is 0 Å². The van der Waals surface area contributed by atoms with E-state index in [9.17, 15) is 4.39 Å². The number of rotatable bonds is 3. The molecule has 2 aromatic carbocycles. The molecule has 110 valence electrons. The minimum atomic E-state index is -0.249. The van der Waals surface area contributed by atoms with E-state index in [1.54, 1.807) is 23.5 Å². The van der Waals surface area contributed by atoms with E-state index in [1.165, 1.54) is 11.6 Å². The van der Waals surface area contributed by atoms with E-state index in [-0.39, 0.29) is 5.82 Å². The van der Waals surface area contributed by atoms with Crippen LogP contribution in [0.2, 0.25) is 0 Å². The highest BCUT2D eigenvalue weighted by Gasteiger charge is 2.03. The third kappa shape index (κ3) is 3.51. The number of benzene rings is 2. The Morgan fingerprint density at radius 3 is 2.59 bits per heavy atom. The van der Waals surface area contributed by atoms with Gasteiger partial charge in [-0.05, 0) is 31.2 Å². The number of halogens is 2. The summed E-state index contributed by atoms with van der Waals surface area (Å²) >= 11 is 4.80. The fourth-order valence-electron chi connectivity index (χ4n) is 2.02. The Bertz CT molecular complexity index is 821. The van der Waals surface area contributed by atoms with Gasteiger partial charge in [-0.2, -0.15) is 0 Å². The van der Waals surface area contributed by atoms with Crippen LogP contribution in [0, 0.1) is 12.7 Å². The maximum atomic E-state index is 13.8. The van der Waals surface area contributed by atoms with Crippen molar-refractivity contribution in [3.05, 3.63) is 74.3 Å². The minimum absolute atomic E-state index is 0.249. The molecule has 0 fully saturated rings. The Labute approximate surface area is 141 Å². The van der Waals surface area contributed by atoms with Crippen molar-refractivity contribution in [3.63, 3.8) is 0 Å². The first-order valence-corrected chi connectivity index (χ1v) is 8.45. The van der Waals surface area contributed by atoms with Gasteiger partial charge in [-0.1, -0.05) is 51.8 Å². The van der Waals surface area contributed by atoms with Gasteiger partial charge in [0.25, 0.3) is 0 Å². The van der Waals surface area contributed by atoms with Crippen molar-refractivity contribution in [2.75, 3.05) is 0 Å². The van der Waals surface area contributed by atoms with Gasteiger partial charge in [-0.3, -0.25) is 0 Å². The molecule has 0 atom stereocenters. The zero-order valence-corrected chi connectivity index (χ0v) is 14.3. The van der Waals surface area contributed by atoms with E-state index in [0.29, 0.717) is 5.56 Å². The molecule has 1 nitrogen and oxygen atoms in total. The minimum Gasteiger partial charge on any atom is -0.237 e. The van der Waals surface area contributed by atoms with Crippen LogP contribution in [0.3, 0.4) is 0 Å². The van der Waals surface area contributed by atoms with Crippen LogP contribution in [0.1, 0.15) is 16.1 Å². The number of hydrogen-bond acceptors (Lipinski definition) is 2. The summed E-state index contributed by atoms with van der Waals surface area (Å²) in [5.74, 6) is -0.249. The molecule has 0 amide bonds. The first kappa shape index (κ1) is 15.1. The van der Waals surface area contributed by atoms with Crippen molar-refractivity contribution in [3.8, 4) is 11.3 Å². The molecule has 4 heteroatoms. The predicted molar refractivity (Wildman–Crippen MR) is 95.3 cm³/mol. The molecule has 0 saturated heterocycles. The van der Waals surface area contributed by atoms with Crippen LogP contribution in [-0.4, -0.2) is 4.98 Å². The van der Waals surface area contributed by atoms with E-state index in [1.807, 2.05) is 17.5 Å². The quantitative estimate of drug-likeness (QED) is 0.533. The predicted octanol–water partition coefficient (Wildman–Crippen LogP) is 6.19. The average Bonchev–Trinajstić information content (AvgIpc) is 2.96. The van der Waals surface area contributed by atoms with Crippen molar-refractivity contribution in [2.45, 2.75) is 6.92 Å². The highest BCUT2D eigenvalue weighted by molar-refractivity contribution is 9.10. The number of nitrogens with zero attached hydrogens (tertiary/aromatic N) is 1. The molecule has 0 aliphatic rings. The highest BCUT2D eigenvalue weighted by Crippen LogP contribution is 2.24. The molecule has 3 rings (SSSR count). The number of hydrogen-bond donors (Lipinski definition) is 0. The van der Waals surface area contributed by atoms with Crippen LogP contribution in [0.15, 0.2) is 52.3 Å². The summed E-state index contributed by atoms with van der Waals surface area (Å²) in [5.41, 5.74) is 3.82. The molecule has 22 heavy (non-hydrogen) atoms. The van der Waals surface area contributed by atoms with Crippen molar-refractivity contribution >= 4 is 39.4 Å². The maximum Gasteiger partial charge on any atom is 0.131 e. The Hall–Kier alpha value is -1.78. The standard InChI is InChI=1S/C18H13BrFNS/c1-12-2-4-14(5-3-12)17-11-22-18(21-17)9-7-13-6-8-15(19)10-16(13)20/h2-11H,1H3/b9-7+. The summed E-state index contributed by atoms with van der Waals surface area (Å²) in [6.07, 6.45) is 3.59.